The Labute approximate surface area is 108 Å². The van der Waals surface area contributed by atoms with Crippen LogP contribution >= 0.6 is 0 Å². The zero-order chi connectivity index (χ0) is 10.0. The molecule has 0 aromatic carbocycles. The summed E-state index contributed by atoms with van der Waals surface area (Å²) in [5.41, 5.74) is 3.52. The predicted octanol–water partition coefficient (Wildman–Crippen LogP) is 1.85. The second-order valence-electron chi connectivity index (χ2n) is 2.70. The average molecular weight is 274 g/mol. The molecule has 75 valence electrons. The first-order valence-electron chi connectivity index (χ1n) is 3.83. The summed E-state index contributed by atoms with van der Waals surface area (Å²) in [5, 5.41) is 1.36. The number of hydrazine groups is 1. The van der Waals surface area contributed by atoms with Crippen molar-refractivity contribution in [2.45, 2.75) is 13.3 Å². The van der Waals surface area contributed by atoms with E-state index in [1.807, 2.05) is 0 Å². The number of nitrogens with one attached hydrogen (secondary N) is 1. The molecule has 1 aliphatic rings. The fourth-order valence-electron chi connectivity index (χ4n) is 1.10. The van der Waals surface area contributed by atoms with E-state index in [0.29, 0.717) is 5.57 Å². The van der Waals surface area contributed by atoms with E-state index >= 15 is 0 Å². The Hall–Kier alpha value is -0.0561. The Morgan fingerprint density at radius 2 is 2.14 bits per heavy atom. The van der Waals surface area contributed by atoms with Gasteiger partial charge < -0.3 is 5.01 Å². The number of nitrogens with zero attached hydrogens (tertiary/aromatic N) is 1. The fraction of sp³-hybridized carbons (Fsp3) is 0.333. The van der Waals surface area contributed by atoms with E-state index in [4.69, 9.17) is 0 Å². The van der Waals surface area contributed by atoms with E-state index in [0.717, 1.165) is 0 Å². The molecule has 0 fully saturated rings. The molecule has 0 bridgehead atoms. The molecular weight excluding hydrogens is 263 g/mol. The third kappa shape index (κ3) is 2.97. The normalized spacial score (nSPS) is 16.4. The van der Waals surface area contributed by atoms with E-state index in [1.54, 1.807) is 14.0 Å². The summed E-state index contributed by atoms with van der Waals surface area (Å²) in [5.74, 6) is 0. The first kappa shape index (κ1) is 13.9. The maximum Gasteiger partial charge on any atom is 0.244 e. The van der Waals surface area contributed by atoms with Crippen LogP contribution in [0.5, 0.6) is 0 Å². The van der Waals surface area contributed by atoms with E-state index in [1.165, 1.54) is 11.1 Å². The van der Waals surface area contributed by atoms with Crippen molar-refractivity contribution in [3.63, 3.8) is 0 Å². The molecule has 5 heteroatoms. The molecule has 1 aliphatic heterocycles. The number of hydrogen-bond acceptors (Lipinski definition) is 2. The Morgan fingerprint density at radius 3 is 2.57 bits per heavy atom. The minimum absolute atomic E-state index is 0. The van der Waals surface area contributed by atoms with Crippen LogP contribution in [0.2, 0.25) is 0 Å². The quantitative estimate of drug-likeness (QED) is 0.773. The largest absolute Gasteiger partial charge is 0.392 e. The number of allylic oxidation sites excluding steroid dienone is 3. The van der Waals surface area contributed by atoms with Crippen LogP contribution in [-0.2, 0) is 32.7 Å². The summed E-state index contributed by atoms with van der Waals surface area (Å²) in [4.78, 5) is 0. The van der Waals surface area contributed by atoms with Gasteiger partial charge in [-0.3, -0.25) is 5.43 Å². The van der Waals surface area contributed by atoms with Gasteiger partial charge in [-0.25, -0.2) is 8.78 Å². The van der Waals surface area contributed by atoms with Crippen LogP contribution < -0.4 is 5.43 Å². The molecule has 2 nitrogen and oxygen atoms in total. The average Bonchev–Trinajstić information content (AvgIpc) is 2.08. The third-order valence-corrected chi connectivity index (χ3v) is 1.72. The molecule has 0 aromatic rings. The molecule has 1 N–H and O–H groups in total. The molecule has 0 saturated heterocycles. The second kappa shape index (κ2) is 5.73. The summed E-state index contributed by atoms with van der Waals surface area (Å²) >= 11 is 0. The van der Waals surface area contributed by atoms with E-state index < -0.39 is 6.43 Å². The molecule has 0 aliphatic carbocycles. The molecule has 0 unspecified atom stereocenters. The maximum absolute atomic E-state index is 12.4. The van der Waals surface area contributed by atoms with E-state index in [-0.39, 0.29) is 44.0 Å². The van der Waals surface area contributed by atoms with Gasteiger partial charge in [0.15, 0.2) is 0 Å². The molecule has 14 heavy (non-hydrogen) atoms. The molecule has 0 saturated carbocycles. The predicted molar refractivity (Wildman–Crippen MR) is 46.6 cm³/mol. The van der Waals surface area contributed by atoms with Crippen LogP contribution in [0.3, 0.4) is 0 Å². The van der Waals surface area contributed by atoms with Gasteiger partial charge in [0.2, 0.25) is 6.43 Å². The maximum atomic E-state index is 12.4. The second-order valence-corrected chi connectivity index (χ2v) is 2.70. The van der Waals surface area contributed by atoms with Gasteiger partial charge in [0.25, 0.3) is 0 Å². The third-order valence-electron chi connectivity index (χ3n) is 1.72. The molecule has 0 atom stereocenters. The van der Waals surface area contributed by atoms with Crippen molar-refractivity contribution in [3.05, 3.63) is 35.7 Å². The molecular formula is C9H11F2N2Y-. The van der Waals surface area contributed by atoms with Gasteiger partial charge in [-0.15, -0.1) is 12.2 Å². The minimum Gasteiger partial charge on any atom is -0.392 e. The van der Waals surface area contributed by atoms with Crippen molar-refractivity contribution < 1.29 is 41.5 Å². The van der Waals surface area contributed by atoms with Crippen LogP contribution in [0.15, 0.2) is 29.5 Å². The van der Waals surface area contributed by atoms with E-state index in [9.17, 15) is 8.78 Å². The van der Waals surface area contributed by atoms with Crippen molar-refractivity contribution in [2.24, 2.45) is 0 Å². The van der Waals surface area contributed by atoms with Gasteiger partial charge in [-0.1, -0.05) is 24.4 Å². The Bertz CT molecular complexity index is 285. The topological polar surface area (TPSA) is 15.3 Å². The Morgan fingerprint density at radius 1 is 1.57 bits per heavy atom. The first-order valence-corrected chi connectivity index (χ1v) is 3.83. The smallest absolute Gasteiger partial charge is 0.244 e. The van der Waals surface area contributed by atoms with Gasteiger partial charge in [0.1, 0.15) is 0 Å². The Kier molecular flexibility index (Phi) is 5.71. The molecule has 0 aromatic heterocycles. The zero-order valence-corrected chi connectivity index (χ0v) is 11.0. The monoisotopic (exact) mass is 274 g/mol. The van der Waals surface area contributed by atoms with E-state index in [2.05, 4.69) is 18.2 Å². The number of rotatable bonds is 2. The Balaban J connectivity index is 0.00000169. The van der Waals surface area contributed by atoms with Gasteiger partial charge >= 0.3 is 0 Å². The summed E-state index contributed by atoms with van der Waals surface area (Å²) < 4.78 is 24.9. The summed E-state index contributed by atoms with van der Waals surface area (Å²) in [6, 6.07) is 0. The van der Waals surface area contributed by atoms with Crippen molar-refractivity contribution >= 4 is 0 Å². The van der Waals surface area contributed by atoms with Gasteiger partial charge in [0.05, 0.1) is 0 Å². The van der Waals surface area contributed by atoms with Crippen molar-refractivity contribution in [1.29, 1.82) is 0 Å². The molecule has 1 heterocycles. The van der Waals surface area contributed by atoms with Crippen LogP contribution in [-0.4, -0.2) is 18.5 Å². The van der Waals surface area contributed by atoms with Crippen molar-refractivity contribution in [2.75, 3.05) is 7.05 Å². The summed E-state index contributed by atoms with van der Waals surface area (Å²) in [7, 11) is 1.62. The zero-order valence-electron chi connectivity index (χ0n) is 8.14. The number of halogens is 2. The SMILES string of the molecule is C=C1C(C(F)F)=CC(C)=[C-]N1NC.[Y]. The van der Waals surface area contributed by atoms with Crippen LogP contribution in [0.25, 0.3) is 0 Å². The van der Waals surface area contributed by atoms with Gasteiger partial charge in [0, 0.05) is 39.8 Å². The van der Waals surface area contributed by atoms with Crippen LogP contribution in [0.1, 0.15) is 6.92 Å². The summed E-state index contributed by atoms with van der Waals surface area (Å²) in [6.07, 6.45) is 1.72. The molecule has 1 rings (SSSR count). The first-order chi connectivity index (χ1) is 6.06. The molecule has 0 spiro atoms. The fourth-order valence-corrected chi connectivity index (χ4v) is 1.10. The molecule has 0 amide bonds. The molecule has 1 radical (unpaired) electrons. The standard InChI is InChI=1S/C9H11F2N2.Y/c1-6-4-8(9(10)11)7(2)13(5-6)12-3;/h4,9,12H,2H2,1,3H3;/q-1;. The van der Waals surface area contributed by atoms with Gasteiger partial charge in [-0.05, 0) is 0 Å². The van der Waals surface area contributed by atoms with Crippen molar-refractivity contribution in [1.82, 2.24) is 10.4 Å². The van der Waals surface area contributed by atoms with Crippen molar-refractivity contribution in [3.8, 4) is 0 Å². The summed E-state index contributed by atoms with van der Waals surface area (Å²) in [6.45, 7) is 5.25. The van der Waals surface area contributed by atoms with Crippen LogP contribution in [0, 0.1) is 6.20 Å². The van der Waals surface area contributed by atoms with Gasteiger partial charge in [-0.2, -0.15) is 6.08 Å². The number of hydrogen-bond donors (Lipinski definition) is 1. The number of alkyl halides is 2. The minimum atomic E-state index is -2.50. The van der Waals surface area contributed by atoms with Crippen LogP contribution in [0.4, 0.5) is 8.78 Å².